The average molecular weight is 386 g/mol. The Labute approximate surface area is 130 Å². The van der Waals surface area contributed by atoms with Crippen molar-refractivity contribution >= 4 is 38.9 Å². The second-order valence-electron chi connectivity index (χ2n) is 4.00. The van der Waals surface area contributed by atoms with Crippen molar-refractivity contribution in [3.05, 3.63) is 55.1 Å². The lowest BCUT2D eigenvalue weighted by Gasteiger charge is -2.20. The van der Waals surface area contributed by atoms with Crippen molar-refractivity contribution < 1.29 is 13.2 Å². The Hall–Kier alpha value is -0.600. The molecular formula is C12H9BrClF3N2S. The maximum Gasteiger partial charge on any atom is 0.417 e. The van der Waals surface area contributed by atoms with Gasteiger partial charge in [0.25, 0.3) is 0 Å². The molecule has 0 saturated heterocycles. The topological polar surface area (TPSA) is 38.0 Å². The van der Waals surface area contributed by atoms with Crippen LogP contribution in [0.3, 0.4) is 0 Å². The first kappa shape index (κ1) is 15.8. The maximum absolute atomic E-state index is 13.0. The predicted octanol–water partition coefficient (Wildman–Crippen LogP) is 4.74. The first-order valence-electron chi connectivity index (χ1n) is 5.39. The van der Waals surface area contributed by atoms with Gasteiger partial charge in [0, 0.05) is 14.9 Å². The molecule has 8 heteroatoms. The van der Waals surface area contributed by atoms with Gasteiger partial charge in [0.1, 0.15) is 0 Å². The van der Waals surface area contributed by atoms with Gasteiger partial charge in [-0.1, -0.05) is 33.6 Å². The molecule has 1 heterocycles. The lowest BCUT2D eigenvalue weighted by Crippen LogP contribution is -2.30. The first-order chi connectivity index (χ1) is 9.34. The molecule has 2 nitrogen and oxygen atoms in total. The fourth-order valence-electron chi connectivity index (χ4n) is 1.84. The molecule has 0 radical (unpaired) electrons. The van der Waals surface area contributed by atoms with Crippen LogP contribution in [0.1, 0.15) is 22.7 Å². The molecule has 0 fully saturated rings. The average Bonchev–Trinajstić information content (AvgIpc) is 2.81. The van der Waals surface area contributed by atoms with Gasteiger partial charge in [0.05, 0.1) is 11.6 Å². The molecule has 108 valence electrons. The van der Waals surface area contributed by atoms with Crippen molar-refractivity contribution in [3.8, 4) is 0 Å². The van der Waals surface area contributed by atoms with E-state index in [1.807, 2.05) is 0 Å². The summed E-state index contributed by atoms with van der Waals surface area (Å²) in [7, 11) is 0. The van der Waals surface area contributed by atoms with Crippen molar-refractivity contribution in [1.29, 1.82) is 0 Å². The molecule has 1 unspecified atom stereocenters. The van der Waals surface area contributed by atoms with E-state index in [0.717, 1.165) is 21.2 Å². The summed E-state index contributed by atoms with van der Waals surface area (Å²) in [5.74, 6) is 5.43. The lowest BCUT2D eigenvalue weighted by molar-refractivity contribution is -0.138. The highest BCUT2D eigenvalue weighted by Gasteiger charge is 2.36. The molecule has 0 spiro atoms. The number of alkyl halides is 3. The number of nitrogens with one attached hydrogen (secondary N) is 1. The van der Waals surface area contributed by atoms with E-state index >= 15 is 0 Å². The van der Waals surface area contributed by atoms with Gasteiger partial charge < -0.3 is 0 Å². The second-order valence-corrected chi connectivity index (χ2v) is 6.07. The monoisotopic (exact) mass is 384 g/mol. The summed E-state index contributed by atoms with van der Waals surface area (Å²) in [4.78, 5) is 0. The van der Waals surface area contributed by atoms with Gasteiger partial charge in [0.2, 0.25) is 0 Å². The van der Waals surface area contributed by atoms with Gasteiger partial charge in [-0.2, -0.15) is 24.5 Å². The maximum atomic E-state index is 13.0. The lowest BCUT2D eigenvalue weighted by atomic mass is 9.98. The van der Waals surface area contributed by atoms with Crippen LogP contribution in [0.25, 0.3) is 0 Å². The highest BCUT2D eigenvalue weighted by Crippen LogP contribution is 2.40. The molecule has 0 saturated carbocycles. The molecular weight excluding hydrogens is 377 g/mol. The molecule has 3 N–H and O–H groups in total. The summed E-state index contributed by atoms with van der Waals surface area (Å²) in [6.07, 6.45) is -4.42. The van der Waals surface area contributed by atoms with E-state index in [4.69, 9.17) is 17.4 Å². The second kappa shape index (κ2) is 6.03. The Morgan fingerprint density at radius 3 is 2.50 bits per heavy atom. The van der Waals surface area contributed by atoms with E-state index in [2.05, 4.69) is 21.4 Å². The number of hydrazine groups is 1. The summed E-state index contributed by atoms with van der Waals surface area (Å²) in [6, 6.07) is 4.12. The van der Waals surface area contributed by atoms with Crippen LogP contribution in [0.15, 0.2) is 33.4 Å². The molecule has 0 aliphatic rings. The summed E-state index contributed by atoms with van der Waals surface area (Å²) in [5.41, 5.74) is 2.25. The SMILES string of the molecule is NNC(c1ccc(Br)cc1Cl)c1cscc1C(F)(F)F. The Morgan fingerprint density at radius 1 is 1.25 bits per heavy atom. The molecule has 1 atom stereocenters. The number of hydrogen-bond acceptors (Lipinski definition) is 3. The molecule has 0 bridgehead atoms. The molecule has 2 rings (SSSR count). The normalized spacial score (nSPS) is 13.5. The van der Waals surface area contributed by atoms with E-state index in [-0.39, 0.29) is 5.56 Å². The predicted molar refractivity (Wildman–Crippen MR) is 77.6 cm³/mol. The minimum Gasteiger partial charge on any atom is -0.271 e. The largest absolute Gasteiger partial charge is 0.417 e. The third-order valence-corrected chi connectivity index (χ3v) is 4.33. The summed E-state index contributed by atoms with van der Waals surface area (Å²) in [5, 5.41) is 2.82. The highest BCUT2D eigenvalue weighted by atomic mass is 79.9. The van der Waals surface area contributed by atoms with E-state index < -0.39 is 17.8 Å². The van der Waals surface area contributed by atoms with Crippen LogP contribution in [0.4, 0.5) is 13.2 Å². The summed E-state index contributed by atoms with van der Waals surface area (Å²) < 4.78 is 39.6. The van der Waals surface area contributed by atoms with Crippen molar-refractivity contribution in [1.82, 2.24) is 5.43 Å². The van der Waals surface area contributed by atoms with E-state index in [9.17, 15) is 13.2 Å². The fourth-order valence-corrected chi connectivity index (χ4v) is 3.51. The van der Waals surface area contributed by atoms with E-state index in [1.54, 1.807) is 18.2 Å². The van der Waals surface area contributed by atoms with Crippen LogP contribution in [0.2, 0.25) is 5.02 Å². The van der Waals surface area contributed by atoms with Gasteiger partial charge in [0.15, 0.2) is 0 Å². The fraction of sp³-hybridized carbons (Fsp3) is 0.167. The minimum atomic E-state index is -4.42. The number of hydrogen-bond donors (Lipinski definition) is 2. The van der Waals surface area contributed by atoms with Crippen LogP contribution in [-0.2, 0) is 6.18 Å². The van der Waals surface area contributed by atoms with E-state index in [0.29, 0.717) is 10.6 Å². The smallest absolute Gasteiger partial charge is 0.271 e. The molecule has 1 aromatic heterocycles. The zero-order chi connectivity index (χ0) is 14.9. The zero-order valence-corrected chi connectivity index (χ0v) is 13.0. The summed E-state index contributed by atoms with van der Waals surface area (Å²) >= 11 is 10.3. The van der Waals surface area contributed by atoms with Gasteiger partial charge in [-0.05, 0) is 28.6 Å². The molecule has 0 aliphatic carbocycles. The first-order valence-corrected chi connectivity index (χ1v) is 7.50. The van der Waals surface area contributed by atoms with Crippen LogP contribution >= 0.6 is 38.9 Å². The number of thiophene rings is 1. The van der Waals surface area contributed by atoms with Gasteiger partial charge >= 0.3 is 6.18 Å². The molecule has 1 aromatic carbocycles. The minimum absolute atomic E-state index is 0.0641. The van der Waals surface area contributed by atoms with Crippen LogP contribution in [-0.4, -0.2) is 0 Å². The molecule has 20 heavy (non-hydrogen) atoms. The number of benzene rings is 1. The molecule has 0 amide bonds. The third kappa shape index (κ3) is 3.17. The number of halogens is 5. The summed E-state index contributed by atoms with van der Waals surface area (Å²) in [6.45, 7) is 0. The van der Waals surface area contributed by atoms with Crippen LogP contribution in [0, 0.1) is 0 Å². The standard InChI is InChI=1S/C12H9BrClF3N2S/c13-6-1-2-7(10(14)3-6)11(19-18)8-4-20-5-9(8)12(15,16)17/h1-5,11,19H,18H2. The Balaban J connectivity index is 2.51. The third-order valence-electron chi connectivity index (χ3n) is 2.75. The highest BCUT2D eigenvalue weighted by molar-refractivity contribution is 9.10. The number of rotatable bonds is 3. The quantitative estimate of drug-likeness (QED) is 0.592. The van der Waals surface area contributed by atoms with Crippen molar-refractivity contribution in [2.45, 2.75) is 12.2 Å². The van der Waals surface area contributed by atoms with Crippen molar-refractivity contribution in [3.63, 3.8) is 0 Å². The molecule has 2 aromatic rings. The van der Waals surface area contributed by atoms with Crippen molar-refractivity contribution in [2.24, 2.45) is 5.84 Å². The Morgan fingerprint density at radius 2 is 1.95 bits per heavy atom. The van der Waals surface area contributed by atoms with E-state index in [1.165, 1.54) is 5.38 Å². The zero-order valence-electron chi connectivity index (χ0n) is 9.84. The number of nitrogens with two attached hydrogens (primary N) is 1. The van der Waals surface area contributed by atoms with Crippen LogP contribution < -0.4 is 11.3 Å². The Kier molecular flexibility index (Phi) is 4.76. The van der Waals surface area contributed by atoms with Gasteiger partial charge in [-0.25, -0.2) is 5.43 Å². The molecule has 0 aliphatic heterocycles. The Bertz CT molecular complexity index is 615. The van der Waals surface area contributed by atoms with Crippen LogP contribution in [0.5, 0.6) is 0 Å². The van der Waals surface area contributed by atoms with Crippen molar-refractivity contribution in [2.75, 3.05) is 0 Å². The van der Waals surface area contributed by atoms with Gasteiger partial charge in [-0.15, -0.1) is 0 Å². The van der Waals surface area contributed by atoms with Gasteiger partial charge in [-0.3, -0.25) is 5.84 Å².